The lowest BCUT2D eigenvalue weighted by atomic mass is 9.98. The van der Waals surface area contributed by atoms with Gasteiger partial charge in [0, 0.05) is 25.6 Å². The Bertz CT molecular complexity index is 635. The number of amides is 1. The van der Waals surface area contributed by atoms with Gasteiger partial charge in [-0.05, 0) is 37.0 Å². The molecule has 7 heteroatoms. The number of nitrogens with zero attached hydrogens (tertiary/aromatic N) is 1. The summed E-state index contributed by atoms with van der Waals surface area (Å²) in [6.07, 6.45) is 0.961. The molecule has 0 unspecified atom stereocenters. The van der Waals surface area contributed by atoms with Crippen LogP contribution >= 0.6 is 0 Å². The molecule has 1 amide bonds. The van der Waals surface area contributed by atoms with Crippen molar-refractivity contribution in [2.45, 2.75) is 31.2 Å². The first-order chi connectivity index (χ1) is 9.86. The highest BCUT2D eigenvalue weighted by atomic mass is 32.2. The molecule has 1 heterocycles. The summed E-state index contributed by atoms with van der Waals surface area (Å²) in [4.78, 5) is 11.5. The van der Waals surface area contributed by atoms with Gasteiger partial charge in [0.2, 0.25) is 15.9 Å². The number of hydrogen-bond donors (Lipinski definition) is 2. The number of carbonyl (C=O) groups excluding carboxylic acids is 1. The fourth-order valence-corrected chi connectivity index (χ4v) is 4.32. The van der Waals surface area contributed by atoms with Crippen LogP contribution in [0.5, 0.6) is 0 Å². The molecule has 1 aromatic carbocycles. The molecule has 1 aliphatic rings. The second-order valence-electron chi connectivity index (χ2n) is 5.38. The van der Waals surface area contributed by atoms with Crippen LogP contribution in [0.3, 0.4) is 0 Å². The lowest BCUT2D eigenvalue weighted by Crippen LogP contribution is -2.41. The Balaban J connectivity index is 2.21. The lowest BCUT2D eigenvalue weighted by Gasteiger charge is -2.30. The smallest absolute Gasteiger partial charge is 0.243 e. The van der Waals surface area contributed by atoms with Crippen LogP contribution in [0.25, 0.3) is 0 Å². The number of nitrogens with two attached hydrogens (primary N) is 2. The van der Waals surface area contributed by atoms with E-state index in [0.717, 1.165) is 5.56 Å². The molecule has 0 radical (unpaired) electrons. The van der Waals surface area contributed by atoms with Gasteiger partial charge in [0.25, 0.3) is 0 Å². The molecule has 6 nitrogen and oxygen atoms in total. The molecule has 4 N–H and O–H groups in total. The zero-order valence-corrected chi connectivity index (χ0v) is 12.9. The molecule has 0 saturated carbocycles. The van der Waals surface area contributed by atoms with Gasteiger partial charge < -0.3 is 11.5 Å². The standard InChI is InChI=1S/C14H21N3O3S/c1-10-8-11(9-15)2-3-13(10)21(19,20)17-6-4-12(5-7-17)14(16)18/h2-3,8,12H,4-7,9,15H2,1H3,(H2,16,18). The molecule has 0 aromatic heterocycles. The summed E-state index contributed by atoms with van der Waals surface area (Å²) >= 11 is 0. The fourth-order valence-electron chi connectivity index (χ4n) is 2.65. The van der Waals surface area contributed by atoms with E-state index in [1.54, 1.807) is 25.1 Å². The van der Waals surface area contributed by atoms with E-state index in [2.05, 4.69) is 0 Å². The van der Waals surface area contributed by atoms with Gasteiger partial charge in [0.1, 0.15) is 0 Å². The van der Waals surface area contributed by atoms with Crippen LogP contribution in [0, 0.1) is 12.8 Å². The summed E-state index contributed by atoms with van der Waals surface area (Å²) < 4.78 is 26.8. The predicted octanol–water partition coefficient (Wildman–Crippen LogP) is 0.340. The normalized spacial score (nSPS) is 17.8. The molecule has 1 fully saturated rings. The Labute approximate surface area is 125 Å². The maximum Gasteiger partial charge on any atom is 0.243 e. The Morgan fingerprint density at radius 3 is 2.43 bits per heavy atom. The molecule has 21 heavy (non-hydrogen) atoms. The van der Waals surface area contributed by atoms with E-state index in [0.29, 0.717) is 42.9 Å². The van der Waals surface area contributed by atoms with Crippen LogP contribution in [-0.2, 0) is 21.4 Å². The number of primary amides is 1. The Morgan fingerprint density at radius 2 is 1.95 bits per heavy atom. The third-order valence-corrected chi connectivity index (χ3v) is 6.01. The maximum atomic E-state index is 12.7. The summed E-state index contributed by atoms with van der Waals surface area (Å²) in [6.45, 7) is 2.80. The van der Waals surface area contributed by atoms with Crippen molar-refractivity contribution >= 4 is 15.9 Å². The summed E-state index contributed by atoms with van der Waals surface area (Å²) in [5, 5.41) is 0. The first-order valence-electron chi connectivity index (χ1n) is 6.95. The maximum absolute atomic E-state index is 12.7. The van der Waals surface area contributed by atoms with E-state index in [-0.39, 0.29) is 11.8 Å². The van der Waals surface area contributed by atoms with Crippen molar-refractivity contribution in [3.8, 4) is 0 Å². The first-order valence-corrected chi connectivity index (χ1v) is 8.39. The van der Waals surface area contributed by atoms with E-state index in [1.807, 2.05) is 0 Å². The van der Waals surface area contributed by atoms with Gasteiger partial charge in [0.15, 0.2) is 0 Å². The molecule has 0 spiro atoms. The van der Waals surface area contributed by atoms with Crippen molar-refractivity contribution in [2.24, 2.45) is 17.4 Å². The highest BCUT2D eigenvalue weighted by molar-refractivity contribution is 7.89. The summed E-state index contributed by atoms with van der Waals surface area (Å²) in [5.74, 6) is -0.576. The van der Waals surface area contributed by atoms with Gasteiger partial charge in [-0.2, -0.15) is 4.31 Å². The van der Waals surface area contributed by atoms with E-state index >= 15 is 0 Å². The number of benzene rings is 1. The van der Waals surface area contributed by atoms with Crippen LogP contribution in [0.2, 0.25) is 0 Å². The summed E-state index contributed by atoms with van der Waals surface area (Å²) in [6, 6.07) is 5.13. The van der Waals surface area contributed by atoms with Crippen molar-refractivity contribution < 1.29 is 13.2 Å². The number of carbonyl (C=O) groups is 1. The topological polar surface area (TPSA) is 106 Å². The second-order valence-corrected chi connectivity index (χ2v) is 7.29. The van der Waals surface area contributed by atoms with Gasteiger partial charge in [-0.3, -0.25) is 4.79 Å². The predicted molar refractivity (Wildman–Crippen MR) is 79.7 cm³/mol. The van der Waals surface area contributed by atoms with Crippen molar-refractivity contribution in [1.29, 1.82) is 0 Å². The van der Waals surface area contributed by atoms with Crippen LogP contribution in [0.15, 0.2) is 23.1 Å². The van der Waals surface area contributed by atoms with E-state index in [4.69, 9.17) is 11.5 Å². The average molecular weight is 311 g/mol. The molecule has 1 saturated heterocycles. The van der Waals surface area contributed by atoms with Gasteiger partial charge in [0.05, 0.1) is 4.90 Å². The van der Waals surface area contributed by atoms with Gasteiger partial charge in [-0.15, -0.1) is 0 Å². The van der Waals surface area contributed by atoms with Gasteiger partial charge >= 0.3 is 0 Å². The zero-order chi connectivity index (χ0) is 15.6. The minimum atomic E-state index is -3.53. The average Bonchev–Trinajstić information content (AvgIpc) is 2.46. The van der Waals surface area contributed by atoms with Crippen molar-refractivity contribution in [1.82, 2.24) is 4.31 Å². The van der Waals surface area contributed by atoms with Crippen molar-refractivity contribution in [2.75, 3.05) is 13.1 Å². The van der Waals surface area contributed by atoms with Crippen LogP contribution in [-0.4, -0.2) is 31.7 Å². The Morgan fingerprint density at radius 1 is 1.33 bits per heavy atom. The van der Waals surface area contributed by atoms with E-state index in [1.165, 1.54) is 4.31 Å². The second kappa shape index (κ2) is 6.13. The highest BCUT2D eigenvalue weighted by Gasteiger charge is 2.31. The number of aryl methyl sites for hydroxylation is 1. The lowest BCUT2D eigenvalue weighted by molar-refractivity contribution is -0.122. The van der Waals surface area contributed by atoms with Gasteiger partial charge in [-0.25, -0.2) is 8.42 Å². The molecule has 1 aliphatic heterocycles. The van der Waals surface area contributed by atoms with Crippen LogP contribution < -0.4 is 11.5 Å². The number of sulfonamides is 1. The Hall–Kier alpha value is -1.44. The summed E-state index contributed by atoms with van der Waals surface area (Å²) in [7, 11) is -3.53. The minimum Gasteiger partial charge on any atom is -0.369 e. The fraction of sp³-hybridized carbons (Fsp3) is 0.500. The van der Waals surface area contributed by atoms with Crippen molar-refractivity contribution in [3.63, 3.8) is 0 Å². The third kappa shape index (κ3) is 3.25. The molecule has 0 atom stereocenters. The number of rotatable bonds is 4. The largest absolute Gasteiger partial charge is 0.369 e. The van der Waals surface area contributed by atoms with Crippen molar-refractivity contribution in [3.05, 3.63) is 29.3 Å². The molecule has 0 aliphatic carbocycles. The molecular formula is C14H21N3O3S. The first kappa shape index (κ1) is 15.9. The Kier molecular flexibility index (Phi) is 4.65. The minimum absolute atomic E-state index is 0.225. The molecule has 1 aromatic rings. The van der Waals surface area contributed by atoms with Gasteiger partial charge in [-0.1, -0.05) is 12.1 Å². The quantitative estimate of drug-likeness (QED) is 0.836. The van der Waals surface area contributed by atoms with E-state index in [9.17, 15) is 13.2 Å². The zero-order valence-electron chi connectivity index (χ0n) is 12.1. The van der Waals surface area contributed by atoms with Crippen LogP contribution in [0.4, 0.5) is 0 Å². The SMILES string of the molecule is Cc1cc(CN)ccc1S(=O)(=O)N1CCC(C(N)=O)CC1. The van der Waals surface area contributed by atoms with E-state index < -0.39 is 10.0 Å². The van der Waals surface area contributed by atoms with Crippen LogP contribution in [0.1, 0.15) is 24.0 Å². The third-order valence-electron chi connectivity index (χ3n) is 3.95. The molecular weight excluding hydrogens is 290 g/mol. The highest BCUT2D eigenvalue weighted by Crippen LogP contribution is 2.26. The molecule has 116 valence electrons. The number of piperidine rings is 1. The molecule has 0 bridgehead atoms. The molecule has 2 rings (SSSR count). The summed E-state index contributed by atoms with van der Waals surface area (Å²) in [5.41, 5.74) is 12.4. The number of hydrogen-bond acceptors (Lipinski definition) is 4. The monoisotopic (exact) mass is 311 g/mol.